The van der Waals surface area contributed by atoms with E-state index in [0.29, 0.717) is 12.1 Å². The fourth-order valence-electron chi connectivity index (χ4n) is 2.51. The molecule has 1 fully saturated rings. The number of hydrogen-bond donors (Lipinski definition) is 1. The third-order valence-electron chi connectivity index (χ3n) is 3.31. The lowest BCUT2D eigenvalue weighted by atomic mass is 10.1. The zero-order valence-electron chi connectivity index (χ0n) is 11.3. The van der Waals surface area contributed by atoms with Gasteiger partial charge in [0.1, 0.15) is 0 Å². The number of sulfonamides is 1. The first-order chi connectivity index (χ1) is 9.35. The van der Waals surface area contributed by atoms with Gasteiger partial charge in [0.15, 0.2) is 11.6 Å². The molecule has 1 aromatic rings. The monoisotopic (exact) mass is 304 g/mol. The zero-order valence-corrected chi connectivity index (χ0v) is 12.1. The molecule has 7 heteroatoms. The van der Waals surface area contributed by atoms with Gasteiger partial charge in [-0.2, -0.15) is 0 Å². The Morgan fingerprint density at radius 3 is 2.85 bits per heavy atom. The van der Waals surface area contributed by atoms with Crippen LogP contribution in [0.2, 0.25) is 0 Å². The van der Waals surface area contributed by atoms with Crippen LogP contribution in [0.15, 0.2) is 18.2 Å². The van der Waals surface area contributed by atoms with Crippen molar-refractivity contribution in [3.05, 3.63) is 35.4 Å². The Balaban J connectivity index is 2.01. The van der Waals surface area contributed by atoms with E-state index in [1.807, 2.05) is 4.90 Å². The van der Waals surface area contributed by atoms with E-state index in [2.05, 4.69) is 4.72 Å². The SMILES string of the molecule is CS(=O)(=O)N[C@@H]1CCCN(Cc2cccc(F)c2F)C1. The molecule has 0 saturated carbocycles. The van der Waals surface area contributed by atoms with Gasteiger partial charge < -0.3 is 0 Å². The Bertz CT molecular complexity index is 578. The van der Waals surface area contributed by atoms with E-state index in [-0.39, 0.29) is 12.6 Å². The van der Waals surface area contributed by atoms with Gasteiger partial charge in [0.05, 0.1) is 6.26 Å². The molecule has 2 rings (SSSR count). The molecular weight excluding hydrogens is 286 g/mol. The molecule has 20 heavy (non-hydrogen) atoms. The van der Waals surface area contributed by atoms with E-state index in [9.17, 15) is 17.2 Å². The van der Waals surface area contributed by atoms with Crippen molar-refractivity contribution in [1.82, 2.24) is 9.62 Å². The number of benzene rings is 1. The van der Waals surface area contributed by atoms with E-state index in [1.165, 1.54) is 6.07 Å². The topological polar surface area (TPSA) is 49.4 Å². The van der Waals surface area contributed by atoms with Crippen LogP contribution in [-0.2, 0) is 16.6 Å². The average molecular weight is 304 g/mol. The number of halogens is 2. The first kappa shape index (κ1) is 15.3. The molecular formula is C13H18F2N2O2S. The van der Waals surface area contributed by atoms with E-state index >= 15 is 0 Å². The lowest BCUT2D eigenvalue weighted by Crippen LogP contribution is -2.47. The fourth-order valence-corrected chi connectivity index (χ4v) is 3.31. The van der Waals surface area contributed by atoms with E-state index < -0.39 is 21.7 Å². The Hall–Kier alpha value is -1.05. The maximum Gasteiger partial charge on any atom is 0.208 e. The normalized spacial score (nSPS) is 21.1. The third-order valence-corrected chi connectivity index (χ3v) is 4.07. The molecule has 0 bridgehead atoms. The number of piperidine rings is 1. The Kier molecular flexibility index (Phi) is 4.72. The molecule has 0 aromatic heterocycles. The summed E-state index contributed by atoms with van der Waals surface area (Å²) in [4.78, 5) is 1.93. The number of hydrogen-bond acceptors (Lipinski definition) is 3. The fraction of sp³-hybridized carbons (Fsp3) is 0.538. The van der Waals surface area contributed by atoms with Crippen molar-refractivity contribution in [3.63, 3.8) is 0 Å². The van der Waals surface area contributed by atoms with Crippen LogP contribution >= 0.6 is 0 Å². The highest BCUT2D eigenvalue weighted by Gasteiger charge is 2.23. The lowest BCUT2D eigenvalue weighted by molar-refractivity contribution is 0.192. The summed E-state index contributed by atoms with van der Waals surface area (Å²) in [6.45, 7) is 1.53. The summed E-state index contributed by atoms with van der Waals surface area (Å²) < 4.78 is 51.8. The van der Waals surface area contributed by atoms with Crippen molar-refractivity contribution in [3.8, 4) is 0 Å². The van der Waals surface area contributed by atoms with Crippen LogP contribution in [0.5, 0.6) is 0 Å². The predicted octanol–water partition coefficient (Wildman–Crippen LogP) is 1.48. The molecule has 0 radical (unpaired) electrons. The minimum absolute atomic E-state index is 0.171. The number of likely N-dealkylation sites (tertiary alicyclic amines) is 1. The maximum atomic E-state index is 13.6. The summed E-state index contributed by atoms with van der Waals surface area (Å²) in [5.41, 5.74) is 0.296. The Labute approximate surface area is 117 Å². The average Bonchev–Trinajstić information content (AvgIpc) is 2.33. The van der Waals surface area contributed by atoms with Gasteiger partial charge in [0.25, 0.3) is 0 Å². The second-order valence-corrected chi connectivity index (χ2v) is 6.96. The van der Waals surface area contributed by atoms with Crippen LogP contribution in [0.4, 0.5) is 8.78 Å². The molecule has 1 N–H and O–H groups in total. The molecule has 1 aliphatic rings. The van der Waals surface area contributed by atoms with E-state index in [4.69, 9.17) is 0 Å². The van der Waals surface area contributed by atoms with Gasteiger partial charge in [-0.3, -0.25) is 4.90 Å². The molecule has 1 aliphatic heterocycles. The van der Waals surface area contributed by atoms with Gasteiger partial charge in [-0.1, -0.05) is 12.1 Å². The molecule has 4 nitrogen and oxygen atoms in total. The highest BCUT2D eigenvalue weighted by Crippen LogP contribution is 2.17. The Morgan fingerprint density at radius 2 is 2.15 bits per heavy atom. The molecule has 1 aromatic carbocycles. The minimum atomic E-state index is -3.25. The quantitative estimate of drug-likeness (QED) is 0.916. The molecule has 1 atom stereocenters. The van der Waals surface area contributed by atoms with Crippen LogP contribution in [0.3, 0.4) is 0 Å². The van der Waals surface area contributed by atoms with E-state index in [1.54, 1.807) is 6.07 Å². The zero-order chi connectivity index (χ0) is 14.8. The standard InChI is InChI=1S/C13H18F2N2O2S/c1-20(18,19)16-11-5-3-7-17(9-11)8-10-4-2-6-12(14)13(10)15/h2,4,6,11,16H,3,5,7-9H2,1H3/t11-/m1/s1. The number of nitrogens with zero attached hydrogens (tertiary/aromatic N) is 1. The minimum Gasteiger partial charge on any atom is -0.297 e. The largest absolute Gasteiger partial charge is 0.297 e. The summed E-state index contributed by atoms with van der Waals surface area (Å²) >= 11 is 0. The molecule has 0 unspecified atom stereocenters. The summed E-state index contributed by atoms with van der Waals surface area (Å²) in [6.07, 6.45) is 2.71. The molecule has 112 valence electrons. The van der Waals surface area contributed by atoms with Crippen molar-refractivity contribution in [2.24, 2.45) is 0 Å². The van der Waals surface area contributed by atoms with Crippen molar-refractivity contribution in [2.45, 2.75) is 25.4 Å². The van der Waals surface area contributed by atoms with Crippen molar-refractivity contribution >= 4 is 10.0 Å². The summed E-state index contributed by atoms with van der Waals surface area (Å²) in [6, 6.07) is 3.94. The summed E-state index contributed by atoms with van der Waals surface area (Å²) in [7, 11) is -3.25. The van der Waals surface area contributed by atoms with Gasteiger partial charge >= 0.3 is 0 Å². The van der Waals surface area contributed by atoms with Gasteiger partial charge in [-0.05, 0) is 25.5 Å². The smallest absolute Gasteiger partial charge is 0.208 e. The van der Waals surface area contributed by atoms with Crippen LogP contribution in [-0.4, -0.2) is 38.7 Å². The summed E-state index contributed by atoms with van der Waals surface area (Å²) in [5, 5.41) is 0. The van der Waals surface area contributed by atoms with Gasteiger partial charge in [0, 0.05) is 24.7 Å². The van der Waals surface area contributed by atoms with Crippen molar-refractivity contribution in [2.75, 3.05) is 19.3 Å². The lowest BCUT2D eigenvalue weighted by Gasteiger charge is -2.32. The second-order valence-electron chi connectivity index (χ2n) is 5.18. The maximum absolute atomic E-state index is 13.6. The van der Waals surface area contributed by atoms with E-state index in [0.717, 1.165) is 31.7 Å². The second kappa shape index (κ2) is 6.15. The first-order valence-corrected chi connectivity index (χ1v) is 8.37. The van der Waals surface area contributed by atoms with Crippen LogP contribution in [0.25, 0.3) is 0 Å². The van der Waals surface area contributed by atoms with Gasteiger partial charge in [-0.15, -0.1) is 0 Å². The summed E-state index contributed by atoms with van der Waals surface area (Å²) in [5.74, 6) is -1.68. The highest BCUT2D eigenvalue weighted by atomic mass is 32.2. The molecule has 0 aliphatic carbocycles. The molecule has 0 amide bonds. The molecule has 1 heterocycles. The Morgan fingerprint density at radius 1 is 1.40 bits per heavy atom. The number of rotatable bonds is 4. The number of nitrogens with one attached hydrogen (secondary N) is 1. The van der Waals surface area contributed by atoms with Crippen LogP contribution in [0, 0.1) is 11.6 Å². The predicted molar refractivity (Wildman–Crippen MR) is 72.6 cm³/mol. The van der Waals surface area contributed by atoms with Crippen LogP contribution < -0.4 is 4.72 Å². The van der Waals surface area contributed by atoms with Crippen LogP contribution in [0.1, 0.15) is 18.4 Å². The van der Waals surface area contributed by atoms with Gasteiger partial charge in [-0.25, -0.2) is 21.9 Å². The van der Waals surface area contributed by atoms with Crippen molar-refractivity contribution in [1.29, 1.82) is 0 Å². The third kappa shape index (κ3) is 4.22. The van der Waals surface area contributed by atoms with Crippen molar-refractivity contribution < 1.29 is 17.2 Å². The van der Waals surface area contributed by atoms with Gasteiger partial charge in [0.2, 0.25) is 10.0 Å². The molecule has 0 spiro atoms. The first-order valence-electron chi connectivity index (χ1n) is 6.48. The molecule has 1 saturated heterocycles. The highest BCUT2D eigenvalue weighted by molar-refractivity contribution is 7.88.